The molecule has 3 nitrogen and oxygen atoms in total. The Morgan fingerprint density at radius 2 is 1.07 bits per heavy atom. The molecule has 54 heavy (non-hydrogen) atoms. The van der Waals surface area contributed by atoms with Crippen molar-refractivity contribution in [2.24, 2.45) is 0 Å². The van der Waals surface area contributed by atoms with Gasteiger partial charge in [0.15, 0.2) is 5.82 Å². The summed E-state index contributed by atoms with van der Waals surface area (Å²) < 4.78 is 2.41. The van der Waals surface area contributed by atoms with E-state index in [1.54, 1.807) is 0 Å². The Kier molecular flexibility index (Phi) is 5.84. The first-order valence-corrected chi connectivity index (χ1v) is 18.8. The van der Waals surface area contributed by atoms with E-state index in [1.807, 2.05) is 24.4 Å². The Morgan fingerprint density at radius 3 is 1.87 bits per heavy atom. The van der Waals surface area contributed by atoms with Crippen molar-refractivity contribution in [3.05, 3.63) is 175 Å². The molecule has 0 bridgehead atoms. The largest absolute Gasteiger partial charge is 0.306 e. The van der Waals surface area contributed by atoms with E-state index in [2.05, 4.69) is 158 Å². The number of fused-ring (bicyclic) bond motifs is 10. The van der Waals surface area contributed by atoms with Crippen LogP contribution in [-0.2, 0) is 5.41 Å². The highest BCUT2D eigenvalue weighted by Gasteiger charge is 2.37. The smallest absolute Gasteiger partial charge is 0.159 e. The minimum absolute atomic E-state index is 0.121. The maximum atomic E-state index is 5.32. The first kappa shape index (κ1) is 29.7. The van der Waals surface area contributed by atoms with Crippen LogP contribution in [0.3, 0.4) is 0 Å². The van der Waals surface area contributed by atoms with Gasteiger partial charge in [0.2, 0.25) is 0 Å². The molecule has 0 radical (unpaired) electrons. The molecule has 0 saturated heterocycles. The van der Waals surface area contributed by atoms with Gasteiger partial charge in [-0.1, -0.05) is 153 Å². The van der Waals surface area contributed by atoms with Crippen LogP contribution in [0.1, 0.15) is 25.0 Å². The fourth-order valence-electron chi connectivity index (χ4n) is 9.81. The number of aromatic nitrogens is 3. The van der Waals surface area contributed by atoms with Crippen LogP contribution in [-0.4, -0.2) is 14.5 Å². The Labute approximate surface area is 312 Å². The van der Waals surface area contributed by atoms with E-state index in [0.29, 0.717) is 5.82 Å². The standard InChI is InChI=1S/C51H33N3/c1-51(2)40-25-11-9-19-34(40)47-36-23-13-21-32-33-22-14-24-37-46(33)39(38(45(32)36)27-41(47)51)28-43-48(37)35-20-10-12-26-42(35)54(43)44-29-52-50(31-17-7-4-8-18-31)53-49(44)30-15-5-3-6-16-30/h3-29H,1-2H3. The van der Waals surface area contributed by atoms with E-state index in [0.717, 1.165) is 33.5 Å². The molecule has 252 valence electrons. The lowest BCUT2D eigenvalue weighted by Crippen LogP contribution is -2.14. The van der Waals surface area contributed by atoms with Crippen LogP contribution in [0.2, 0.25) is 0 Å². The average Bonchev–Trinajstić information content (AvgIpc) is 3.68. The second kappa shape index (κ2) is 10.6. The minimum Gasteiger partial charge on any atom is -0.306 e. The lowest BCUT2D eigenvalue weighted by Gasteiger charge is -2.23. The lowest BCUT2D eigenvalue weighted by molar-refractivity contribution is 0.661. The van der Waals surface area contributed by atoms with Crippen LogP contribution in [0.15, 0.2) is 164 Å². The quantitative estimate of drug-likeness (QED) is 0.137. The number of hydrogen-bond acceptors (Lipinski definition) is 2. The molecule has 0 N–H and O–H groups in total. The number of benzene rings is 9. The van der Waals surface area contributed by atoms with Crippen LogP contribution < -0.4 is 0 Å². The number of nitrogens with zero attached hydrogens (tertiary/aromatic N) is 3. The highest BCUT2D eigenvalue weighted by Crippen LogP contribution is 2.55. The molecule has 0 amide bonds. The molecule has 0 atom stereocenters. The predicted octanol–water partition coefficient (Wildman–Crippen LogP) is 13.3. The second-order valence-electron chi connectivity index (χ2n) is 15.3. The van der Waals surface area contributed by atoms with Crippen molar-refractivity contribution in [2.75, 3.05) is 0 Å². The summed E-state index contributed by atoms with van der Waals surface area (Å²) in [7, 11) is 0. The normalized spacial score (nSPS) is 13.5. The molecule has 2 heterocycles. The summed E-state index contributed by atoms with van der Waals surface area (Å²) in [5.41, 5.74) is 11.6. The maximum absolute atomic E-state index is 5.32. The molecule has 2 aromatic heterocycles. The molecular weight excluding hydrogens is 655 g/mol. The average molecular weight is 688 g/mol. The first-order chi connectivity index (χ1) is 26.6. The van der Waals surface area contributed by atoms with Crippen molar-refractivity contribution in [1.82, 2.24) is 14.5 Å². The van der Waals surface area contributed by atoms with Crippen molar-refractivity contribution in [1.29, 1.82) is 0 Å². The Hall–Kier alpha value is -6.84. The van der Waals surface area contributed by atoms with Crippen molar-refractivity contribution in [3.8, 4) is 39.5 Å². The van der Waals surface area contributed by atoms with Crippen LogP contribution in [0.25, 0.3) is 104 Å². The van der Waals surface area contributed by atoms with Crippen LogP contribution in [0, 0.1) is 0 Å². The highest BCUT2D eigenvalue weighted by atomic mass is 15.0. The van der Waals surface area contributed by atoms with Gasteiger partial charge in [-0.15, -0.1) is 0 Å². The Bertz CT molecular complexity index is 3340. The third-order valence-electron chi connectivity index (χ3n) is 12.2. The van der Waals surface area contributed by atoms with Gasteiger partial charge < -0.3 is 4.57 Å². The summed E-state index contributed by atoms with van der Waals surface area (Å²) in [5.74, 6) is 0.713. The third-order valence-corrected chi connectivity index (χ3v) is 12.2. The third kappa shape index (κ3) is 3.80. The molecule has 1 aliphatic carbocycles. The minimum atomic E-state index is -0.121. The summed E-state index contributed by atoms with van der Waals surface area (Å²) in [6, 6.07) is 57.4. The second-order valence-corrected chi connectivity index (χ2v) is 15.3. The molecule has 3 heteroatoms. The highest BCUT2D eigenvalue weighted by molar-refractivity contribution is 6.39. The monoisotopic (exact) mass is 687 g/mol. The van der Waals surface area contributed by atoms with E-state index in [-0.39, 0.29) is 5.41 Å². The molecule has 11 aromatic rings. The summed E-state index contributed by atoms with van der Waals surface area (Å²) in [5, 5.41) is 12.9. The van der Waals surface area contributed by atoms with Crippen LogP contribution >= 0.6 is 0 Å². The predicted molar refractivity (Wildman–Crippen MR) is 226 cm³/mol. The van der Waals surface area contributed by atoms with Gasteiger partial charge in [0.25, 0.3) is 0 Å². The van der Waals surface area contributed by atoms with Gasteiger partial charge in [-0.05, 0) is 83.5 Å². The Morgan fingerprint density at radius 1 is 0.463 bits per heavy atom. The van der Waals surface area contributed by atoms with Crippen molar-refractivity contribution >= 4 is 64.9 Å². The molecule has 0 fully saturated rings. The summed E-state index contributed by atoms with van der Waals surface area (Å²) >= 11 is 0. The molecule has 12 rings (SSSR count). The van der Waals surface area contributed by atoms with Crippen molar-refractivity contribution in [3.63, 3.8) is 0 Å². The molecular formula is C51H33N3. The molecule has 1 aliphatic rings. The summed E-state index contributed by atoms with van der Waals surface area (Å²) in [6.45, 7) is 4.77. The van der Waals surface area contributed by atoms with Gasteiger partial charge in [-0.3, -0.25) is 0 Å². The number of rotatable bonds is 3. The molecule has 0 unspecified atom stereocenters. The maximum Gasteiger partial charge on any atom is 0.159 e. The zero-order chi connectivity index (χ0) is 35.7. The van der Waals surface area contributed by atoms with Crippen molar-refractivity contribution in [2.45, 2.75) is 19.3 Å². The van der Waals surface area contributed by atoms with E-state index in [1.165, 1.54) is 76.1 Å². The SMILES string of the molecule is CC1(C)c2ccccc2-c2c1cc1c3cc4c(c5cccc(c6cccc2c61)c35)c1ccccc1n4-c1cnc(-c2ccccc2)nc1-c1ccccc1. The lowest BCUT2D eigenvalue weighted by atomic mass is 9.80. The van der Waals surface area contributed by atoms with Gasteiger partial charge in [0.1, 0.15) is 0 Å². The van der Waals surface area contributed by atoms with E-state index >= 15 is 0 Å². The van der Waals surface area contributed by atoms with Gasteiger partial charge in [0, 0.05) is 27.3 Å². The first-order valence-electron chi connectivity index (χ1n) is 18.8. The molecule has 0 aliphatic heterocycles. The summed E-state index contributed by atoms with van der Waals surface area (Å²) in [4.78, 5) is 10.4. The summed E-state index contributed by atoms with van der Waals surface area (Å²) in [6.07, 6.45) is 2.03. The molecule has 0 saturated carbocycles. The molecule has 9 aromatic carbocycles. The van der Waals surface area contributed by atoms with Crippen molar-refractivity contribution < 1.29 is 0 Å². The van der Waals surface area contributed by atoms with Gasteiger partial charge in [0.05, 0.1) is 28.6 Å². The fraction of sp³-hybridized carbons (Fsp3) is 0.0588. The van der Waals surface area contributed by atoms with Gasteiger partial charge in [-0.25, -0.2) is 9.97 Å². The Balaban J connectivity index is 1.26. The number of para-hydroxylation sites is 1. The van der Waals surface area contributed by atoms with Gasteiger partial charge in [-0.2, -0.15) is 0 Å². The van der Waals surface area contributed by atoms with Gasteiger partial charge >= 0.3 is 0 Å². The van der Waals surface area contributed by atoms with E-state index in [9.17, 15) is 0 Å². The molecule has 0 spiro atoms. The fourth-order valence-corrected chi connectivity index (χ4v) is 9.81. The van der Waals surface area contributed by atoms with E-state index < -0.39 is 0 Å². The topological polar surface area (TPSA) is 30.7 Å². The number of hydrogen-bond donors (Lipinski definition) is 0. The zero-order valence-electron chi connectivity index (χ0n) is 29.9. The van der Waals surface area contributed by atoms with E-state index in [4.69, 9.17) is 9.97 Å². The zero-order valence-corrected chi connectivity index (χ0v) is 29.9. The van der Waals surface area contributed by atoms with Crippen LogP contribution in [0.4, 0.5) is 0 Å². The van der Waals surface area contributed by atoms with Crippen LogP contribution in [0.5, 0.6) is 0 Å².